The van der Waals surface area contributed by atoms with Crippen LogP contribution in [0.2, 0.25) is 0 Å². The number of hydrogen-bond acceptors (Lipinski definition) is 5. The lowest BCUT2D eigenvalue weighted by Crippen LogP contribution is -2.16. The maximum atomic E-state index is 5.52. The van der Waals surface area contributed by atoms with Gasteiger partial charge in [-0.2, -0.15) is 5.10 Å². The Kier molecular flexibility index (Phi) is 5.53. The van der Waals surface area contributed by atoms with E-state index < -0.39 is 0 Å². The average molecular weight is 387 g/mol. The number of hydrogen-bond donors (Lipinski definition) is 0. The molecule has 0 fully saturated rings. The Morgan fingerprint density at radius 3 is 2.45 bits per heavy atom. The second-order valence-corrected chi connectivity index (χ2v) is 7.21. The molecule has 0 N–H and O–H groups in total. The van der Waals surface area contributed by atoms with E-state index in [-0.39, 0.29) is 0 Å². The molecule has 0 saturated carbocycles. The van der Waals surface area contributed by atoms with E-state index in [1.807, 2.05) is 48.0 Å². The first-order valence-electron chi connectivity index (χ1n) is 9.82. The molecular formula is C23H25N5O. The summed E-state index contributed by atoms with van der Waals surface area (Å²) in [6, 6.07) is 20.6. The molecule has 2 heterocycles. The van der Waals surface area contributed by atoms with Crippen LogP contribution >= 0.6 is 0 Å². The van der Waals surface area contributed by atoms with E-state index in [9.17, 15) is 0 Å². The molecule has 0 radical (unpaired) electrons. The number of nitrogens with zero attached hydrogens (tertiary/aromatic N) is 5. The van der Waals surface area contributed by atoms with Crippen molar-refractivity contribution in [3.63, 3.8) is 0 Å². The third-order valence-corrected chi connectivity index (χ3v) is 4.80. The van der Waals surface area contributed by atoms with Crippen LogP contribution in [0.4, 0.5) is 0 Å². The van der Waals surface area contributed by atoms with Gasteiger partial charge in [0.1, 0.15) is 11.5 Å². The molecule has 148 valence electrons. The van der Waals surface area contributed by atoms with Gasteiger partial charge in [-0.05, 0) is 26.5 Å². The highest BCUT2D eigenvalue weighted by atomic mass is 16.5. The van der Waals surface area contributed by atoms with Gasteiger partial charge < -0.3 is 4.52 Å². The van der Waals surface area contributed by atoms with Gasteiger partial charge in [-0.15, -0.1) is 0 Å². The Morgan fingerprint density at radius 2 is 1.72 bits per heavy atom. The van der Waals surface area contributed by atoms with Crippen LogP contribution in [0.15, 0.2) is 65.2 Å². The fraction of sp³-hybridized carbons (Fsp3) is 0.261. The van der Waals surface area contributed by atoms with E-state index in [1.54, 1.807) is 0 Å². The summed E-state index contributed by atoms with van der Waals surface area (Å²) in [5.41, 5.74) is 4.25. The monoisotopic (exact) mass is 387 g/mol. The van der Waals surface area contributed by atoms with E-state index in [0.29, 0.717) is 6.54 Å². The van der Waals surface area contributed by atoms with Gasteiger partial charge in [0.25, 0.3) is 0 Å². The second-order valence-electron chi connectivity index (χ2n) is 7.21. The summed E-state index contributed by atoms with van der Waals surface area (Å²) in [5, 5.41) is 8.62. The Balaban J connectivity index is 1.40. The summed E-state index contributed by atoms with van der Waals surface area (Å²) < 4.78 is 7.46. The number of benzene rings is 2. The summed E-state index contributed by atoms with van der Waals surface area (Å²) in [4.78, 5) is 6.76. The molecule has 2 aromatic carbocycles. The summed E-state index contributed by atoms with van der Waals surface area (Å²) in [6.45, 7) is 6.33. The maximum Gasteiger partial charge on any atom is 0.158 e. The van der Waals surface area contributed by atoms with E-state index in [4.69, 9.17) is 4.52 Å². The fourth-order valence-electron chi connectivity index (χ4n) is 3.41. The zero-order chi connectivity index (χ0) is 20.2. The first-order chi connectivity index (χ1) is 14.1. The van der Waals surface area contributed by atoms with Gasteiger partial charge in [-0.1, -0.05) is 59.8 Å². The molecule has 6 nitrogen and oxygen atoms in total. The van der Waals surface area contributed by atoms with Crippen LogP contribution in [0.1, 0.15) is 24.1 Å². The number of aromatic nitrogens is 4. The zero-order valence-corrected chi connectivity index (χ0v) is 17.0. The number of aryl methyl sites for hydroxylation is 2. The smallest absolute Gasteiger partial charge is 0.158 e. The maximum absolute atomic E-state index is 5.52. The van der Waals surface area contributed by atoms with Crippen LogP contribution in [0, 0.1) is 6.92 Å². The van der Waals surface area contributed by atoms with Crippen LogP contribution in [0.5, 0.6) is 0 Å². The van der Waals surface area contributed by atoms with Gasteiger partial charge in [0.15, 0.2) is 11.6 Å². The molecule has 4 aromatic rings. The van der Waals surface area contributed by atoms with Crippen LogP contribution in [-0.2, 0) is 19.6 Å². The van der Waals surface area contributed by atoms with Crippen LogP contribution in [0.3, 0.4) is 0 Å². The standard InChI is InChI=1S/C23H25N5O/c1-4-28-23(24-17(2)25-28)20-12-10-18(11-13-20)15-27(3)16-21-14-22(26-29-21)19-8-6-5-7-9-19/h5-14H,4,15-16H2,1-3H3. The summed E-state index contributed by atoms with van der Waals surface area (Å²) in [5.74, 6) is 2.57. The van der Waals surface area contributed by atoms with Crippen molar-refractivity contribution in [3.05, 3.63) is 77.8 Å². The van der Waals surface area contributed by atoms with Crippen LogP contribution < -0.4 is 0 Å². The molecule has 0 bridgehead atoms. The van der Waals surface area contributed by atoms with E-state index in [0.717, 1.165) is 47.3 Å². The van der Waals surface area contributed by atoms with Crippen molar-refractivity contribution >= 4 is 0 Å². The lowest BCUT2D eigenvalue weighted by atomic mass is 10.1. The van der Waals surface area contributed by atoms with Crippen molar-refractivity contribution in [1.29, 1.82) is 0 Å². The van der Waals surface area contributed by atoms with E-state index >= 15 is 0 Å². The van der Waals surface area contributed by atoms with Crippen molar-refractivity contribution in [2.45, 2.75) is 33.5 Å². The Labute approximate surface area is 170 Å². The molecule has 0 atom stereocenters. The van der Waals surface area contributed by atoms with Crippen molar-refractivity contribution < 1.29 is 4.52 Å². The fourth-order valence-corrected chi connectivity index (χ4v) is 3.41. The van der Waals surface area contributed by atoms with Crippen molar-refractivity contribution in [1.82, 2.24) is 24.8 Å². The lowest BCUT2D eigenvalue weighted by Gasteiger charge is -2.15. The first kappa shape index (κ1) is 19.1. The number of rotatable bonds is 7. The predicted octanol–water partition coefficient (Wildman–Crippen LogP) is 4.56. The molecule has 0 unspecified atom stereocenters. The second kappa shape index (κ2) is 8.41. The molecule has 0 saturated heterocycles. The Hall–Kier alpha value is -3.25. The summed E-state index contributed by atoms with van der Waals surface area (Å²) >= 11 is 0. The summed E-state index contributed by atoms with van der Waals surface area (Å²) in [6.07, 6.45) is 0. The minimum atomic E-state index is 0.699. The predicted molar refractivity (Wildman–Crippen MR) is 113 cm³/mol. The normalized spacial score (nSPS) is 11.3. The van der Waals surface area contributed by atoms with Gasteiger partial charge in [0.2, 0.25) is 0 Å². The quantitative estimate of drug-likeness (QED) is 0.465. The van der Waals surface area contributed by atoms with Gasteiger partial charge in [0, 0.05) is 30.3 Å². The molecule has 6 heteroatoms. The third-order valence-electron chi connectivity index (χ3n) is 4.80. The summed E-state index contributed by atoms with van der Waals surface area (Å²) in [7, 11) is 2.08. The molecule has 0 aliphatic rings. The highest BCUT2D eigenvalue weighted by Crippen LogP contribution is 2.21. The van der Waals surface area contributed by atoms with Gasteiger partial charge in [0.05, 0.1) is 6.54 Å². The zero-order valence-electron chi connectivity index (χ0n) is 17.0. The Morgan fingerprint density at radius 1 is 0.966 bits per heavy atom. The highest BCUT2D eigenvalue weighted by Gasteiger charge is 2.11. The van der Waals surface area contributed by atoms with E-state index in [2.05, 4.69) is 58.4 Å². The van der Waals surface area contributed by atoms with Crippen molar-refractivity contribution in [2.75, 3.05) is 7.05 Å². The van der Waals surface area contributed by atoms with Gasteiger partial charge >= 0.3 is 0 Å². The van der Waals surface area contributed by atoms with Crippen LogP contribution in [0.25, 0.3) is 22.6 Å². The molecule has 0 aliphatic carbocycles. The highest BCUT2D eigenvalue weighted by molar-refractivity contribution is 5.58. The minimum Gasteiger partial charge on any atom is -0.359 e. The minimum absolute atomic E-state index is 0.699. The largest absolute Gasteiger partial charge is 0.359 e. The molecule has 0 aliphatic heterocycles. The topological polar surface area (TPSA) is 60.0 Å². The Bertz CT molecular complexity index is 1070. The van der Waals surface area contributed by atoms with Gasteiger partial charge in [-0.3, -0.25) is 4.90 Å². The molecule has 0 amide bonds. The lowest BCUT2D eigenvalue weighted by molar-refractivity contribution is 0.267. The SMILES string of the molecule is CCn1nc(C)nc1-c1ccc(CN(C)Cc2cc(-c3ccccc3)no2)cc1. The molecular weight excluding hydrogens is 362 g/mol. The van der Waals surface area contributed by atoms with Crippen LogP contribution in [-0.4, -0.2) is 31.9 Å². The van der Waals surface area contributed by atoms with Gasteiger partial charge in [-0.25, -0.2) is 9.67 Å². The first-order valence-corrected chi connectivity index (χ1v) is 9.82. The van der Waals surface area contributed by atoms with Crippen molar-refractivity contribution in [3.8, 4) is 22.6 Å². The third kappa shape index (κ3) is 4.43. The molecule has 4 rings (SSSR count). The van der Waals surface area contributed by atoms with E-state index in [1.165, 1.54) is 5.56 Å². The molecule has 2 aromatic heterocycles. The molecule has 0 spiro atoms. The average Bonchev–Trinajstić information content (AvgIpc) is 3.35. The molecule has 29 heavy (non-hydrogen) atoms. The van der Waals surface area contributed by atoms with Crippen molar-refractivity contribution in [2.24, 2.45) is 0 Å².